The number of carbonyl (C=O) groups excluding carboxylic acids is 1. The molecule has 0 saturated heterocycles. The molecule has 0 aliphatic carbocycles. The lowest BCUT2D eigenvalue weighted by Crippen LogP contribution is -2.28. The number of carbonyl (C=O) groups is 1. The van der Waals surface area contributed by atoms with Gasteiger partial charge in [0.15, 0.2) is 0 Å². The average molecular weight is 276 g/mol. The van der Waals surface area contributed by atoms with E-state index in [0.717, 1.165) is 13.0 Å². The maximum Gasteiger partial charge on any atom is 0.310 e. The third-order valence-electron chi connectivity index (χ3n) is 3.88. The Balaban J connectivity index is 2.11. The van der Waals surface area contributed by atoms with Crippen LogP contribution in [0.5, 0.6) is 0 Å². The maximum atomic E-state index is 11.8. The fraction of sp³-hybridized carbons (Fsp3) is 0.562. The highest BCUT2D eigenvalue weighted by molar-refractivity contribution is 5.73. The Labute approximate surface area is 120 Å². The molecule has 20 heavy (non-hydrogen) atoms. The lowest BCUT2D eigenvalue weighted by atomic mass is 9.94. The van der Waals surface area contributed by atoms with Gasteiger partial charge in [-0.2, -0.15) is 0 Å². The van der Waals surface area contributed by atoms with Gasteiger partial charge in [-0.3, -0.25) is 4.79 Å². The summed E-state index contributed by atoms with van der Waals surface area (Å²) in [5.74, 6) is -0.431. The van der Waals surface area contributed by atoms with Crippen molar-refractivity contribution in [3.8, 4) is 0 Å². The highest BCUT2D eigenvalue weighted by Crippen LogP contribution is 2.27. The molecule has 0 spiro atoms. The number of nitrogens with two attached hydrogens (primary N) is 1. The van der Waals surface area contributed by atoms with Crippen molar-refractivity contribution in [2.45, 2.75) is 26.2 Å². The van der Waals surface area contributed by atoms with Crippen molar-refractivity contribution in [1.29, 1.82) is 0 Å². The van der Waals surface area contributed by atoms with Gasteiger partial charge in [0.2, 0.25) is 0 Å². The summed E-state index contributed by atoms with van der Waals surface area (Å²) in [7, 11) is 2.12. The monoisotopic (exact) mass is 276 g/mol. The largest absolute Gasteiger partial charge is 0.466 e. The fourth-order valence-corrected chi connectivity index (χ4v) is 2.77. The van der Waals surface area contributed by atoms with Crippen molar-refractivity contribution < 1.29 is 9.53 Å². The van der Waals surface area contributed by atoms with Crippen LogP contribution in [0.1, 0.15) is 24.5 Å². The predicted octanol–water partition coefficient (Wildman–Crippen LogP) is 1.75. The first-order chi connectivity index (χ1) is 9.65. The molecule has 1 aliphatic heterocycles. The summed E-state index contributed by atoms with van der Waals surface area (Å²) in [6.45, 7) is 3.67. The summed E-state index contributed by atoms with van der Waals surface area (Å²) >= 11 is 0. The van der Waals surface area contributed by atoms with Crippen LogP contribution >= 0.6 is 0 Å². The van der Waals surface area contributed by atoms with E-state index in [-0.39, 0.29) is 11.9 Å². The molecule has 4 heteroatoms. The van der Waals surface area contributed by atoms with Crippen LogP contribution in [0.4, 0.5) is 5.69 Å². The lowest BCUT2D eigenvalue weighted by molar-refractivity contribution is -0.147. The summed E-state index contributed by atoms with van der Waals surface area (Å²) in [4.78, 5) is 14.1. The highest BCUT2D eigenvalue weighted by Gasteiger charge is 2.20. The molecule has 1 heterocycles. The minimum absolute atomic E-state index is 0.190. The molecule has 110 valence electrons. The molecule has 0 amide bonds. The molecule has 0 saturated carbocycles. The van der Waals surface area contributed by atoms with Crippen molar-refractivity contribution in [1.82, 2.24) is 0 Å². The molecule has 0 fully saturated rings. The van der Waals surface area contributed by atoms with Crippen LogP contribution in [0.15, 0.2) is 18.2 Å². The molecule has 2 rings (SSSR count). The van der Waals surface area contributed by atoms with Crippen LogP contribution in [0.3, 0.4) is 0 Å². The van der Waals surface area contributed by atoms with Gasteiger partial charge >= 0.3 is 5.97 Å². The number of nitrogens with zero attached hydrogens (tertiary/aromatic N) is 1. The van der Waals surface area contributed by atoms with Crippen LogP contribution in [0.25, 0.3) is 0 Å². The third kappa shape index (κ3) is 3.31. The number of ether oxygens (including phenoxy) is 1. The molecule has 0 bridgehead atoms. The number of fused-ring (bicyclic) bond motifs is 1. The standard InChI is InChI=1S/C16H24N2O2/c1-3-20-16(19)14(11-17)10-12-6-7-15-13(9-12)5-4-8-18(15)2/h6-7,9,14H,3-5,8,10-11,17H2,1-2H3. The first kappa shape index (κ1) is 14.9. The average Bonchev–Trinajstić information content (AvgIpc) is 2.45. The third-order valence-corrected chi connectivity index (χ3v) is 3.88. The molecule has 0 aromatic heterocycles. The van der Waals surface area contributed by atoms with Gasteiger partial charge in [-0.25, -0.2) is 0 Å². The Hall–Kier alpha value is -1.55. The lowest BCUT2D eigenvalue weighted by Gasteiger charge is -2.28. The molecule has 4 nitrogen and oxygen atoms in total. The highest BCUT2D eigenvalue weighted by atomic mass is 16.5. The molecular formula is C16H24N2O2. The van der Waals surface area contributed by atoms with E-state index in [1.807, 2.05) is 6.92 Å². The number of aryl methyl sites for hydroxylation is 1. The van der Waals surface area contributed by atoms with Gasteiger partial charge in [0.1, 0.15) is 0 Å². The minimum atomic E-state index is -0.241. The number of benzene rings is 1. The Morgan fingerprint density at radius 3 is 3.00 bits per heavy atom. The maximum absolute atomic E-state index is 11.8. The molecule has 1 unspecified atom stereocenters. The second-order valence-corrected chi connectivity index (χ2v) is 5.38. The molecule has 1 atom stereocenters. The smallest absolute Gasteiger partial charge is 0.310 e. The number of hydrogen-bond acceptors (Lipinski definition) is 4. The zero-order valence-electron chi connectivity index (χ0n) is 12.4. The van der Waals surface area contributed by atoms with Crippen molar-refractivity contribution in [3.05, 3.63) is 29.3 Å². The van der Waals surface area contributed by atoms with Crippen molar-refractivity contribution in [2.24, 2.45) is 11.7 Å². The van der Waals surface area contributed by atoms with Gasteiger partial charge in [0, 0.05) is 25.8 Å². The van der Waals surface area contributed by atoms with Crippen molar-refractivity contribution in [2.75, 3.05) is 31.6 Å². The number of esters is 1. The van der Waals surface area contributed by atoms with Crippen molar-refractivity contribution in [3.63, 3.8) is 0 Å². The summed E-state index contributed by atoms with van der Waals surface area (Å²) in [5.41, 5.74) is 9.55. The van der Waals surface area contributed by atoms with E-state index >= 15 is 0 Å². The summed E-state index contributed by atoms with van der Waals surface area (Å²) < 4.78 is 5.07. The number of hydrogen-bond donors (Lipinski definition) is 1. The topological polar surface area (TPSA) is 55.6 Å². The van der Waals surface area contributed by atoms with Crippen LogP contribution in [0, 0.1) is 5.92 Å². The van der Waals surface area contributed by atoms with E-state index in [1.54, 1.807) is 0 Å². The zero-order valence-corrected chi connectivity index (χ0v) is 12.4. The predicted molar refractivity (Wildman–Crippen MR) is 80.9 cm³/mol. The Kier molecular flexibility index (Phi) is 5.01. The van der Waals surface area contributed by atoms with Gasteiger partial charge in [-0.05, 0) is 43.4 Å². The van der Waals surface area contributed by atoms with Gasteiger partial charge in [-0.1, -0.05) is 12.1 Å². The quantitative estimate of drug-likeness (QED) is 0.832. The molecule has 1 aromatic carbocycles. The van der Waals surface area contributed by atoms with E-state index in [1.165, 1.54) is 23.2 Å². The zero-order chi connectivity index (χ0) is 14.5. The summed E-state index contributed by atoms with van der Waals surface area (Å²) in [6.07, 6.45) is 2.96. The molecule has 1 aliphatic rings. The van der Waals surface area contributed by atoms with Gasteiger partial charge in [0.05, 0.1) is 12.5 Å². The van der Waals surface area contributed by atoms with Gasteiger partial charge in [-0.15, -0.1) is 0 Å². The fourth-order valence-electron chi connectivity index (χ4n) is 2.77. The molecule has 1 aromatic rings. The van der Waals surface area contributed by atoms with Crippen LogP contribution < -0.4 is 10.6 Å². The Morgan fingerprint density at radius 1 is 1.50 bits per heavy atom. The molecule has 0 radical (unpaired) electrons. The van der Waals surface area contributed by atoms with Crippen LogP contribution in [0.2, 0.25) is 0 Å². The van der Waals surface area contributed by atoms with E-state index < -0.39 is 0 Å². The van der Waals surface area contributed by atoms with Crippen molar-refractivity contribution >= 4 is 11.7 Å². The number of rotatable bonds is 5. The van der Waals surface area contributed by atoms with Gasteiger partial charge in [0.25, 0.3) is 0 Å². The molecular weight excluding hydrogens is 252 g/mol. The second-order valence-electron chi connectivity index (χ2n) is 5.38. The van der Waals surface area contributed by atoms with E-state index in [9.17, 15) is 4.79 Å². The normalized spacial score (nSPS) is 15.7. The van der Waals surface area contributed by atoms with E-state index in [2.05, 4.69) is 30.1 Å². The van der Waals surface area contributed by atoms with E-state index in [4.69, 9.17) is 10.5 Å². The minimum Gasteiger partial charge on any atom is -0.466 e. The first-order valence-electron chi connectivity index (χ1n) is 7.35. The van der Waals surface area contributed by atoms with E-state index in [0.29, 0.717) is 19.6 Å². The first-order valence-corrected chi connectivity index (χ1v) is 7.35. The summed E-state index contributed by atoms with van der Waals surface area (Å²) in [6, 6.07) is 6.47. The number of anilines is 1. The SMILES string of the molecule is CCOC(=O)C(CN)Cc1ccc2c(c1)CCCN2C. The molecule has 2 N–H and O–H groups in total. The summed E-state index contributed by atoms with van der Waals surface area (Å²) in [5, 5.41) is 0. The Morgan fingerprint density at radius 2 is 2.30 bits per heavy atom. The van der Waals surface area contributed by atoms with Crippen LogP contribution in [-0.2, 0) is 22.4 Å². The second kappa shape index (κ2) is 6.75. The van der Waals surface area contributed by atoms with Gasteiger partial charge < -0.3 is 15.4 Å². The van der Waals surface area contributed by atoms with Crippen LogP contribution in [-0.4, -0.2) is 32.7 Å². The Bertz CT molecular complexity index is 474.